The number of pyridine rings is 1. The first-order valence-electron chi connectivity index (χ1n) is 9.67. The van der Waals surface area contributed by atoms with Crippen molar-refractivity contribution in [3.05, 3.63) is 98.9 Å². The van der Waals surface area contributed by atoms with E-state index in [2.05, 4.69) is 15.9 Å². The van der Waals surface area contributed by atoms with Crippen LogP contribution in [0.5, 0.6) is 5.75 Å². The Hall–Kier alpha value is -3.38. The molecule has 1 heterocycles. The minimum atomic E-state index is -0.576. The number of fused-ring (bicyclic) bond motifs is 1. The molecule has 3 aromatic carbocycles. The number of rotatable bonds is 5. The molecule has 0 saturated heterocycles. The van der Waals surface area contributed by atoms with Gasteiger partial charge in [0.2, 0.25) is 0 Å². The molecule has 0 fully saturated rings. The molecule has 0 aliphatic carbocycles. The molecular formula is C25H20BrNO4. The third-order valence-corrected chi connectivity index (χ3v) is 5.69. The van der Waals surface area contributed by atoms with Crippen LogP contribution in [0, 0.1) is 0 Å². The van der Waals surface area contributed by atoms with Gasteiger partial charge in [-0.25, -0.2) is 4.79 Å². The van der Waals surface area contributed by atoms with Crippen molar-refractivity contribution in [1.82, 2.24) is 4.57 Å². The highest BCUT2D eigenvalue weighted by Gasteiger charge is 2.24. The summed E-state index contributed by atoms with van der Waals surface area (Å²) in [6, 6.07) is 22.4. The van der Waals surface area contributed by atoms with Crippen molar-refractivity contribution in [2.45, 2.75) is 6.54 Å². The predicted octanol–water partition coefficient (Wildman–Crippen LogP) is 5.27. The average molecular weight is 478 g/mol. The van der Waals surface area contributed by atoms with Gasteiger partial charge in [0.1, 0.15) is 11.4 Å². The molecule has 0 bridgehead atoms. The Morgan fingerprint density at radius 3 is 2.35 bits per heavy atom. The second-order valence-corrected chi connectivity index (χ2v) is 7.89. The monoisotopic (exact) mass is 477 g/mol. The molecule has 0 aliphatic heterocycles. The third kappa shape index (κ3) is 3.86. The van der Waals surface area contributed by atoms with E-state index in [1.54, 1.807) is 13.2 Å². The Morgan fingerprint density at radius 1 is 0.935 bits per heavy atom. The number of carbonyl (C=O) groups is 1. The quantitative estimate of drug-likeness (QED) is 0.367. The molecule has 4 rings (SSSR count). The van der Waals surface area contributed by atoms with Crippen molar-refractivity contribution in [2.24, 2.45) is 0 Å². The van der Waals surface area contributed by atoms with Crippen molar-refractivity contribution in [2.75, 3.05) is 14.2 Å². The molecule has 0 spiro atoms. The van der Waals surface area contributed by atoms with Crippen LogP contribution in [0.2, 0.25) is 0 Å². The number of ether oxygens (including phenoxy) is 2. The van der Waals surface area contributed by atoms with Crippen LogP contribution < -0.4 is 10.3 Å². The first kappa shape index (κ1) is 20.9. The summed E-state index contributed by atoms with van der Waals surface area (Å²) in [6.07, 6.45) is 0. The van der Waals surface area contributed by atoms with Gasteiger partial charge in [-0.15, -0.1) is 0 Å². The number of carbonyl (C=O) groups excluding carboxylic acids is 1. The highest BCUT2D eigenvalue weighted by Crippen LogP contribution is 2.33. The number of para-hydroxylation sites is 1. The summed E-state index contributed by atoms with van der Waals surface area (Å²) < 4.78 is 12.9. The first-order valence-corrected chi connectivity index (χ1v) is 10.5. The second kappa shape index (κ2) is 8.78. The van der Waals surface area contributed by atoms with Gasteiger partial charge in [-0.2, -0.15) is 0 Å². The largest absolute Gasteiger partial charge is 0.496 e. The SMILES string of the molecule is COC(=O)c1c(-c2ccccc2)c2cc(Br)ccc2c(=O)n1Cc1ccccc1OC. The minimum Gasteiger partial charge on any atom is -0.496 e. The van der Waals surface area contributed by atoms with Crippen LogP contribution in [0.15, 0.2) is 82.1 Å². The molecule has 156 valence electrons. The minimum absolute atomic E-state index is 0.166. The molecule has 4 aromatic rings. The maximum absolute atomic E-state index is 13.6. The molecule has 6 heteroatoms. The van der Waals surface area contributed by atoms with Gasteiger partial charge in [0.25, 0.3) is 5.56 Å². The summed E-state index contributed by atoms with van der Waals surface area (Å²) in [6.45, 7) is 0.166. The van der Waals surface area contributed by atoms with Crippen molar-refractivity contribution in [1.29, 1.82) is 0 Å². The lowest BCUT2D eigenvalue weighted by atomic mass is 9.96. The predicted molar refractivity (Wildman–Crippen MR) is 125 cm³/mol. The van der Waals surface area contributed by atoms with E-state index in [9.17, 15) is 9.59 Å². The van der Waals surface area contributed by atoms with Crippen LogP contribution >= 0.6 is 15.9 Å². The van der Waals surface area contributed by atoms with Gasteiger partial charge in [-0.1, -0.05) is 64.5 Å². The fourth-order valence-corrected chi connectivity index (χ4v) is 4.14. The van der Waals surface area contributed by atoms with Crippen molar-refractivity contribution in [3.63, 3.8) is 0 Å². The van der Waals surface area contributed by atoms with Crippen LogP contribution in [-0.2, 0) is 11.3 Å². The van der Waals surface area contributed by atoms with Crippen molar-refractivity contribution >= 4 is 32.7 Å². The fourth-order valence-electron chi connectivity index (χ4n) is 3.78. The molecule has 0 radical (unpaired) electrons. The third-order valence-electron chi connectivity index (χ3n) is 5.20. The van der Waals surface area contributed by atoms with Crippen molar-refractivity contribution in [3.8, 4) is 16.9 Å². The number of nitrogens with zero attached hydrogens (tertiary/aromatic N) is 1. The van der Waals surface area contributed by atoms with Crippen LogP contribution in [0.4, 0.5) is 0 Å². The maximum atomic E-state index is 13.6. The molecule has 0 atom stereocenters. The molecule has 1 aromatic heterocycles. The number of esters is 1. The fraction of sp³-hybridized carbons (Fsp3) is 0.120. The Labute approximate surface area is 188 Å². The van der Waals surface area contributed by atoms with Gasteiger partial charge in [0.05, 0.1) is 20.8 Å². The summed E-state index contributed by atoms with van der Waals surface area (Å²) in [5.41, 5.74) is 2.19. The highest BCUT2D eigenvalue weighted by atomic mass is 79.9. The molecule has 0 unspecified atom stereocenters. The van der Waals surface area contributed by atoms with Gasteiger partial charge in [0.15, 0.2) is 0 Å². The lowest BCUT2D eigenvalue weighted by Gasteiger charge is -2.19. The van der Waals surface area contributed by atoms with E-state index in [-0.39, 0.29) is 17.8 Å². The molecule has 0 N–H and O–H groups in total. The number of hydrogen-bond donors (Lipinski definition) is 0. The molecule has 0 aliphatic rings. The normalized spacial score (nSPS) is 10.8. The number of aromatic nitrogens is 1. The highest BCUT2D eigenvalue weighted by molar-refractivity contribution is 9.10. The van der Waals surface area contributed by atoms with Gasteiger partial charge in [-0.05, 0) is 35.2 Å². The Kier molecular flexibility index (Phi) is 5.91. The Bertz CT molecular complexity index is 1330. The molecule has 5 nitrogen and oxygen atoms in total. The zero-order valence-corrected chi connectivity index (χ0v) is 18.7. The van der Waals surface area contributed by atoms with Gasteiger partial charge >= 0.3 is 5.97 Å². The number of benzene rings is 3. The van der Waals surface area contributed by atoms with Crippen LogP contribution in [0.25, 0.3) is 21.9 Å². The summed E-state index contributed by atoms with van der Waals surface area (Å²) in [5, 5.41) is 1.20. The average Bonchev–Trinajstić information content (AvgIpc) is 2.80. The number of halogens is 1. The first-order chi connectivity index (χ1) is 15.0. The summed E-state index contributed by atoms with van der Waals surface area (Å²) in [5.74, 6) is 0.0649. The van der Waals surface area contributed by atoms with E-state index in [1.807, 2.05) is 66.7 Å². The zero-order valence-electron chi connectivity index (χ0n) is 17.1. The van der Waals surface area contributed by atoms with E-state index in [0.29, 0.717) is 22.1 Å². The van der Waals surface area contributed by atoms with Crippen LogP contribution in [-0.4, -0.2) is 24.8 Å². The van der Waals surface area contributed by atoms with E-state index < -0.39 is 5.97 Å². The lowest BCUT2D eigenvalue weighted by molar-refractivity contribution is 0.0588. The van der Waals surface area contributed by atoms with Gasteiger partial charge in [-0.3, -0.25) is 9.36 Å². The molecule has 0 amide bonds. The topological polar surface area (TPSA) is 57.5 Å². The van der Waals surface area contributed by atoms with Gasteiger partial charge < -0.3 is 9.47 Å². The van der Waals surface area contributed by atoms with Crippen LogP contribution in [0.3, 0.4) is 0 Å². The number of hydrogen-bond acceptors (Lipinski definition) is 4. The van der Waals surface area contributed by atoms with E-state index in [1.165, 1.54) is 11.7 Å². The lowest BCUT2D eigenvalue weighted by Crippen LogP contribution is -2.28. The van der Waals surface area contributed by atoms with E-state index in [0.717, 1.165) is 15.6 Å². The van der Waals surface area contributed by atoms with E-state index in [4.69, 9.17) is 9.47 Å². The maximum Gasteiger partial charge on any atom is 0.355 e. The van der Waals surface area contributed by atoms with Crippen molar-refractivity contribution < 1.29 is 14.3 Å². The Morgan fingerprint density at radius 2 is 1.65 bits per heavy atom. The summed E-state index contributed by atoms with van der Waals surface area (Å²) >= 11 is 3.49. The number of methoxy groups -OCH3 is 2. The molecule has 0 saturated carbocycles. The summed E-state index contributed by atoms with van der Waals surface area (Å²) in [4.78, 5) is 26.6. The zero-order chi connectivity index (χ0) is 22.0. The van der Waals surface area contributed by atoms with Gasteiger partial charge in [0, 0.05) is 21.0 Å². The second-order valence-electron chi connectivity index (χ2n) is 6.97. The Balaban J connectivity index is 2.13. The standard InChI is InChI=1S/C25H20BrNO4/c1-30-21-11-7-6-10-17(21)15-27-23(25(29)31-2)22(16-8-4-3-5-9-16)20-14-18(26)12-13-19(20)24(27)28/h3-14H,15H2,1-2H3. The summed E-state index contributed by atoms with van der Waals surface area (Å²) in [7, 11) is 2.90. The van der Waals surface area contributed by atoms with E-state index >= 15 is 0 Å². The molecule has 31 heavy (non-hydrogen) atoms. The molecular weight excluding hydrogens is 458 g/mol. The smallest absolute Gasteiger partial charge is 0.355 e. The van der Waals surface area contributed by atoms with Crippen LogP contribution in [0.1, 0.15) is 16.1 Å².